The van der Waals surface area contributed by atoms with Crippen molar-refractivity contribution in [3.05, 3.63) is 35.9 Å². The Balaban J connectivity index is 2.33. The van der Waals surface area contributed by atoms with Gasteiger partial charge in [-0.05, 0) is 35.9 Å². The van der Waals surface area contributed by atoms with Crippen LogP contribution < -0.4 is 4.74 Å². The molecule has 0 amide bonds. The van der Waals surface area contributed by atoms with E-state index in [0.29, 0.717) is 0 Å². The van der Waals surface area contributed by atoms with Gasteiger partial charge in [0, 0.05) is 5.56 Å². The molecule has 0 fully saturated rings. The average Bonchev–Trinajstić information content (AvgIpc) is 2.65. The van der Waals surface area contributed by atoms with Gasteiger partial charge in [0.2, 0.25) is 0 Å². The van der Waals surface area contributed by atoms with Crippen molar-refractivity contribution in [1.29, 1.82) is 0 Å². The van der Waals surface area contributed by atoms with Gasteiger partial charge in [0.15, 0.2) is 0 Å². The summed E-state index contributed by atoms with van der Waals surface area (Å²) in [4.78, 5) is 3.99. The van der Waals surface area contributed by atoms with Crippen LogP contribution in [0.4, 0.5) is 0 Å². The maximum atomic E-state index is 5.57. The van der Waals surface area contributed by atoms with Gasteiger partial charge in [0.05, 0.1) is 7.11 Å². The molecule has 0 spiro atoms. The molecule has 2 rings (SSSR count). The van der Waals surface area contributed by atoms with Gasteiger partial charge in [-0.25, -0.2) is 0 Å². The van der Waals surface area contributed by atoms with Crippen LogP contribution in [0.3, 0.4) is 0 Å². The topological polar surface area (TPSA) is 35.3 Å². The second kappa shape index (κ2) is 3.72. The third-order valence-corrected chi connectivity index (χ3v) is 2.04. The van der Waals surface area contributed by atoms with E-state index in [1.54, 1.807) is 7.11 Å². The number of rotatable bonds is 2. The zero-order chi connectivity index (χ0) is 9.97. The van der Waals surface area contributed by atoms with E-state index < -0.39 is 0 Å². The highest BCUT2D eigenvalue weighted by Gasteiger charge is 2.03. The Morgan fingerprint density at radius 3 is 2.50 bits per heavy atom. The first-order valence-electron chi connectivity index (χ1n) is 4.05. The van der Waals surface area contributed by atoms with E-state index in [2.05, 4.69) is 4.98 Å². The molecule has 0 atom stereocenters. The van der Waals surface area contributed by atoms with E-state index >= 15 is 0 Å². The molecule has 0 aliphatic heterocycles. The smallest absolute Gasteiger partial charge is 0.292 e. The Hall–Kier alpha value is -1.48. The van der Waals surface area contributed by atoms with Crippen molar-refractivity contribution in [3.63, 3.8) is 0 Å². The van der Waals surface area contributed by atoms with Crippen molar-refractivity contribution in [2.24, 2.45) is 0 Å². The molecule has 0 radical (unpaired) electrons. The van der Waals surface area contributed by atoms with Crippen molar-refractivity contribution >= 4 is 11.6 Å². The molecule has 0 aliphatic rings. The summed E-state index contributed by atoms with van der Waals surface area (Å²) in [6, 6.07) is 7.51. The maximum absolute atomic E-state index is 5.57. The minimum atomic E-state index is 0.149. The number of halogens is 1. The highest BCUT2D eigenvalue weighted by atomic mass is 35.5. The zero-order valence-corrected chi connectivity index (χ0v) is 8.28. The SMILES string of the molecule is COc1ccc(-c2coc(Cl)n2)cc1. The fourth-order valence-electron chi connectivity index (χ4n) is 1.15. The Labute approximate surface area is 86.3 Å². The Kier molecular flexibility index (Phi) is 2.41. The Morgan fingerprint density at radius 2 is 2.00 bits per heavy atom. The molecule has 0 aliphatic carbocycles. The van der Waals surface area contributed by atoms with Gasteiger partial charge in [-0.15, -0.1) is 0 Å². The molecule has 14 heavy (non-hydrogen) atoms. The predicted octanol–water partition coefficient (Wildman–Crippen LogP) is 3.00. The minimum absolute atomic E-state index is 0.149. The van der Waals surface area contributed by atoms with Crippen LogP contribution in [-0.4, -0.2) is 12.1 Å². The lowest BCUT2D eigenvalue weighted by atomic mass is 10.2. The number of nitrogens with zero attached hydrogens (tertiary/aromatic N) is 1. The highest BCUT2D eigenvalue weighted by Crippen LogP contribution is 2.22. The lowest BCUT2D eigenvalue weighted by Crippen LogP contribution is -1.82. The summed E-state index contributed by atoms with van der Waals surface area (Å²) in [7, 11) is 1.63. The lowest BCUT2D eigenvalue weighted by Gasteiger charge is -1.99. The molecule has 4 heteroatoms. The van der Waals surface area contributed by atoms with Crippen LogP contribution >= 0.6 is 11.6 Å². The zero-order valence-electron chi connectivity index (χ0n) is 7.53. The molecular formula is C10H8ClNO2. The second-order valence-corrected chi connectivity index (χ2v) is 3.04. The molecule has 0 N–H and O–H groups in total. The molecule has 2 aromatic rings. The van der Waals surface area contributed by atoms with Crippen molar-refractivity contribution in [2.75, 3.05) is 7.11 Å². The van der Waals surface area contributed by atoms with Crippen molar-refractivity contribution < 1.29 is 9.15 Å². The highest BCUT2D eigenvalue weighted by molar-refractivity contribution is 6.27. The van der Waals surface area contributed by atoms with Crippen LogP contribution in [-0.2, 0) is 0 Å². The molecule has 1 heterocycles. The summed E-state index contributed by atoms with van der Waals surface area (Å²) < 4.78 is 9.94. The molecule has 0 bridgehead atoms. The fraction of sp³-hybridized carbons (Fsp3) is 0.100. The molecule has 1 aromatic carbocycles. The normalized spacial score (nSPS) is 10.1. The lowest BCUT2D eigenvalue weighted by molar-refractivity contribution is 0.415. The van der Waals surface area contributed by atoms with E-state index in [1.807, 2.05) is 24.3 Å². The Morgan fingerprint density at radius 1 is 1.29 bits per heavy atom. The van der Waals surface area contributed by atoms with Gasteiger partial charge >= 0.3 is 0 Å². The quantitative estimate of drug-likeness (QED) is 0.763. The number of benzene rings is 1. The summed E-state index contributed by atoms with van der Waals surface area (Å²) in [6.45, 7) is 0. The number of ether oxygens (including phenoxy) is 1. The predicted molar refractivity (Wildman–Crippen MR) is 53.5 cm³/mol. The molecule has 72 valence electrons. The Bertz CT molecular complexity index is 422. The summed E-state index contributed by atoms with van der Waals surface area (Å²) >= 11 is 5.57. The van der Waals surface area contributed by atoms with E-state index in [-0.39, 0.29) is 5.35 Å². The van der Waals surface area contributed by atoms with Gasteiger partial charge in [-0.3, -0.25) is 0 Å². The van der Waals surface area contributed by atoms with E-state index in [0.717, 1.165) is 17.0 Å². The van der Waals surface area contributed by atoms with Crippen LogP contribution in [0.25, 0.3) is 11.3 Å². The first-order chi connectivity index (χ1) is 6.79. The van der Waals surface area contributed by atoms with Crippen LogP contribution in [0, 0.1) is 0 Å². The molecule has 0 saturated carbocycles. The first kappa shape index (κ1) is 9.09. The van der Waals surface area contributed by atoms with Crippen LogP contribution in [0.1, 0.15) is 0 Å². The van der Waals surface area contributed by atoms with Gasteiger partial charge in [-0.1, -0.05) is 0 Å². The van der Waals surface area contributed by atoms with Gasteiger partial charge in [0.25, 0.3) is 5.35 Å². The maximum Gasteiger partial charge on any atom is 0.292 e. The van der Waals surface area contributed by atoms with Gasteiger partial charge < -0.3 is 9.15 Å². The standard InChI is InChI=1S/C10H8ClNO2/c1-13-8-4-2-7(3-5-8)9-6-14-10(11)12-9/h2-6H,1H3. The van der Waals surface area contributed by atoms with Crippen LogP contribution in [0.15, 0.2) is 34.9 Å². The second-order valence-electron chi connectivity index (χ2n) is 2.71. The van der Waals surface area contributed by atoms with Crippen molar-refractivity contribution in [1.82, 2.24) is 4.98 Å². The van der Waals surface area contributed by atoms with Gasteiger partial charge in [-0.2, -0.15) is 4.98 Å². The van der Waals surface area contributed by atoms with Crippen LogP contribution in [0.5, 0.6) is 5.75 Å². The minimum Gasteiger partial charge on any atom is -0.497 e. The number of hydrogen-bond donors (Lipinski definition) is 0. The molecule has 1 aromatic heterocycles. The van der Waals surface area contributed by atoms with E-state index in [9.17, 15) is 0 Å². The summed E-state index contributed by atoms with van der Waals surface area (Å²) in [6.07, 6.45) is 1.52. The first-order valence-corrected chi connectivity index (χ1v) is 4.43. The number of aromatic nitrogens is 1. The van der Waals surface area contributed by atoms with Crippen molar-refractivity contribution in [2.45, 2.75) is 0 Å². The number of hydrogen-bond acceptors (Lipinski definition) is 3. The van der Waals surface area contributed by atoms with Gasteiger partial charge in [0.1, 0.15) is 17.7 Å². The summed E-state index contributed by atoms with van der Waals surface area (Å²) in [5, 5.41) is 0.149. The monoisotopic (exact) mass is 209 g/mol. The third kappa shape index (κ3) is 1.72. The molecule has 0 saturated heterocycles. The average molecular weight is 210 g/mol. The third-order valence-electron chi connectivity index (χ3n) is 1.86. The molecular weight excluding hydrogens is 202 g/mol. The number of oxazole rings is 1. The molecule has 3 nitrogen and oxygen atoms in total. The van der Waals surface area contributed by atoms with Crippen LogP contribution in [0.2, 0.25) is 5.35 Å². The van der Waals surface area contributed by atoms with E-state index in [1.165, 1.54) is 6.26 Å². The molecule has 0 unspecified atom stereocenters. The largest absolute Gasteiger partial charge is 0.497 e. The summed E-state index contributed by atoms with van der Waals surface area (Å²) in [5.74, 6) is 0.809. The van der Waals surface area contributed by atoms with E-state index in [4.69, 9.17) is 20.8 Å². The summed E-state index contributed by atoms with van der Waals surface area (Å²) in [5.41, 5.74) is 1.67. The van der Waals surface area contributed by atoms with Crippen molar-refractivity contribution in [3.8, 4) is 17.0 Å². The fourth-order valence-corrected chi connectivity index (χ4v) is 1.28. The number of methoxy groups -OCH3 is 1.